The number of halogens is 1. The Kier molecular flexibility index (Phi) is 4.18. The fraction of sp³-hybridized carbons (Fsp3) is 0.733. The Balaban J connectivity index is 1.75. The van der Waals surface area contributed by atoms with Crippen LogP contribution in [0.5, 0.6) is 0 Å². The Morgan fingerprint density at radius 3 is 2.47 bits per heavy atom. The summed E-state index contributed by atoms with van der Waals surface area (Å²) in [6, 6.07) is 4.38. The minimum absolute atomic E-state index is 0.253. The molecule has 4 heteroatoms. The first-order valence-electron chi connectivity index (χ1n) is 7.45. The van der Waals surface area contributed by atoms with Gasteiger partial charge in [0.15, 0.2) is 0 Å². The van der Waals surface area contributed by atoms with Gasteiger partial charge in [0.2, 0.25) is 0 Å². The summed E-state index contributed by atoms with van der Waals surface area (Å²) in [6.45, 7) is 2.50. The maximum atomic E-state index is 6.66. The highest BCUT2D eigenvalue weighted by molar-refractivity contribution is 7.16. The minimum Gasteiger partial charge on any atom is -0.326 e. The van der Waals surface area contributed by atoms with Gasteiger partial charge in [0.05, 0.1) is 4.34 Å². The molecular weight excluding hydrogens is 276 g/mol. The molecule has 1 aromatic heterocycles. The normalized spacial score (nSPS) is 24.9. The van der Waals surface area contributed by atoms with Gasteiger partial charge in [0, 0.05) is 16.5 Å². The quantitative estimate of drug-likeness (QED) is 0.919. The lowest BCUT2D eigenvalue weighted by Gasteiger charge is -2.43. The van der Waals surface area contributed by atoms with E-state index in [1.54, 1.807) is 11.3 Å². The van der Waals surface area contributed by atoms with Gasteiger partial charge in [-0.15, -0.1) is 11.3 Å². The maximum Gasteiger partial charge on any atom is 0.0931 e. The number of likely N-dealkylation sites (tertiary alicyclic amines) is 1. The van der Waals surface area contributed by atoms with E-state index >= 15 is 0 Å². The zero-order chi connectivity index (χ0) is 13.3. The number of rotatable bonds is 4. The summed E-state index contributed by atoms with van der Waals surface area (Å²) in [5, 5.41) is 0. The Morgan fingerprint density at radius 2 is 1.89 bits per heavy atom. The molecule has 0 radical (unpaired) electrons. The Hall–Kier alpha value is -0.0900. The van der Waals surface area contributed by atoms with E-state index in [4.69, 9.17) is 17.3 Å². The Morgan fingerprint density at radius 1 is 1.21 bits per heavy atom. The number of hydrogen-bond acceptors (Lipinski definition) is 3. The molecule has 1 aliphatic heterocycles. The standard InChI is InChI=1S/C15H23ClN2S/c16-14-6-5-12(19-14)11-13(17)15(7-1-2-8-15)18-9-3-4-10-18/h5-6,13H,1-4,7-11,17H2. The largest absolute Gasteiger partial charge is 0.326 e. The highest BCUT2D eigenvalue weighted by Gasteiger charge is 2.45. The molecule has 1 aromatic rings. The molecule has 0 spiro atoms. The van der Waals surface area contributed by atoms with Gasteiger partial charge in [-0.2, -0.15) is 0 Å². The third kappa shape index (κ3) is 2.71. The van der Waals surface area contributed by atoms with Crippen LogP contribution in [-0.2, 0) is 6.42 Å². The van der Waals surface area contributed by atoms with Crippen LogP contribution in [-0.4, -0.2) is 29.6 Å². The second-order valence-corrected chi connectivity index (χ2v) is 7.82. The first-order valence-corrected chi connectivity index (χ1v) is 8.65. The second kappa shape index (κ2) is 5.72. The summed E-state index contributed by atoms with van der Waals surface area (Å²) in [4.78, 5) is 4.03. The molecule has 0 aromatic carbocycles. The molecule has 2 heterocycles. The third-order valence-corrected chi connectivity index (χ3v) is 6.20. The van der Waals surface area contributed by atoms with Crippen LogP contribution in [0, 0.1) is 0 Å². The van der Waals surface area contributed by atoms with Gasteiger partial charge in [-0.3, -0.25) is 4.90 Å². The van der Waals surface area contributed by atoms with E-state index in [0.717, 1.165) is 10.8 Å². The summed E-state index contributed by atoms with van der Waals surface area (Å²) < 4.78 is 0.879. The van der Waals surface area contributed by atoms with Gasteiger partial charge in [-0.05, 0) is 57.3 Å². The summed E-state index contributed by atoms with van der Waals surface area (Å²) >= 11 is 7.72. The Bertz CT molecular complexity index is 420. The fourth-order valence-electron chi connectivity index (χ4n) is 3.94. The molecule has 106 valence electrons. The van der Waals surface area contributed by atoms with Crippen LogP contribution < -0.4 is 5.73 Å². The summed E-state index contributed by atoms with van der Waals surface area (Å²) in [6.07, 6.45) is 8.93. The van der Waals surface area contributed by atoms with Crippen LogP contribution in [0.1, 0.15) is 43.4 Å². The minimum atomic E-state index is 0.253. The number of hydrogen-bond donors (Lipinski definition) is 1. The predicted molar refractivity (Wildman–Crippen MR) is 83.0 cm³/mol. The van der Waals surface area contributed by atoms with Crippen LogP contribution in [0.4, 0.5) is 0 Å². The van der Waals surface area contributed by atoms with Crippen molar-refractivity contribution in [3.63, 3.8) is 0 Å². The topological polar surface area (TPSA) is 29.3 Å². The van der Waals surface area contributed by atoms with Crippen molar-refractivity contribution in [2.75, 3.05) is 13.1 Å². The molecule has 0 amide bonds. The van der Waals surface area contributed by atoms with E-state index in [9.17, 15) is 0 Å². The highest BCUT2D eigenvalue weighted by atomic mass is 35.5. The van der Waals surface area contributed by atoms with Crippen molar-refractivity contribution in [1.29, 1.82) is 0 Å². The zero-order valence-electron chi connectivity index (χ0n) is 11.4. The molecule has 1 saturated carbocycles. The molecule has 3 rings (SSSR count). The van der Waals surface area contributed by atoms with Crippen LogP contribution in [0.25, 0.3) is 0 Å². The molecule has 1 atom stereocenters. The van der Waals surface area contributed by atoms with Crippen molar-refractivity contribution in [1.82, 2.24) is 4.90 Å². The molecule has 1 aliphatic carbocycles. The average Bonchev–Trinajstić information content (AvgIpc) is 3.09. The van der Waals surface area contributed by atoms with E-state index in [1.165, 1.54) is 56.5 Å². The van der Waals surface area contributed by atoms with Crippen molar-refractivity contribution in [2.45, 2.75) is 56.5 Å². The molecule has 1 unspecified atom stereocenters. The number of nitrogens with two attached hydrogens (primary N) is 1. The first kappa shape index (κ1) is 13.9. The first-order chi connectivity index (χ1) is 9.21. The summed E-state index contributed by atoms with van der Waals surface area (Å²) in [5.41, 5.74) is 6.93. The van der Waals surface area contributed by atoms with Crippen molar-refractivity contribution in [2.24, 2.45) is 5.73 Å². The smallest absolute Gasteiger partial charge is 0.0931 e. The van der Waals surface area contributed by atoms with Gasteiger partial charge >= 0.3 is 0 Å². The molecule has 2 fully saturated rings. The SMILES string of the molecule is NC(Cc1ccc(Cl)s1)C1(N2CCCC2)CCCC1. The molecule has 19 heavy (non-hydrogen) atoms. The summed E-state index contributed by atoms with van der Waals surface area (Å²) in [7, 11) is 0. The van der Waals surface area contributed by atoms with Crippen molar-refractivity contribution < 1.29 is 0 Å². The van der Waals surface area contributed by atoms with Crippen LogP contribution in [0.15, 0.2) is 12.1 Å². The van der Waals surface area contributed by atoms with Gasteiger partial charge in [0.1, 0.15) is 0 Å². The third-order valence-electron chi connectivity index (χ3n) is 4.95. The zero-order valence-corrected chi connectivity index (χ0v) is 13.0. The molecule has 2 aliphatic rings. The van der Waals surface area contributed by atoms with E-state index in [1.807, 2.05) is 6.07 Å². The van der Waals surface area contributed by atoms with E-state index in [2.05, 4.69) is 11.0 Å². The van der Waals surface area contributed by atoms with Crippen molar-refractivity contribution >= 4 is 22.9 Å². The van der Waals surface area contributed by atoms with Gasteiger partial charge in [0.25, 0.3) is 0 Å². The average molecular weight is 299 g/mol. The van der Waals surface area contributed by atoms with E-state index < -0.39 is 0 Å². The number of thiophene rings is 1. The lowest BCUT2D eigenvalue weighted by molar-refractivity contribution is 0.0924. The second-order valence-electron chi connectivity index (χ2n) is 6.02. The number of nitrogens with zero attached hydrogens (tertiary/aromatic N) is 1. The predicted octanol–water partition coefficient (Wildman–Crippen LogP) is 3.68. The monoisotopic (exact) mass is 298 g/mol. The summed E-state index contributed by atoms with van der Waals surface area (Å²) in [5.74, 6) is 0. The van der Waals surface area contributed by atoms with E-state index in [0.29, 0.717) is 0 Å². The van der Waals surface area contributed by atoms with Crippen molar-refractivity contribution in [3.05, 3.63) is 21.3 Å². The maximum absolute atomic E-state index is 6.66. The lowest BCUT2D eigenvalue weighted by atomic mass is 9.84. The van der Waals surface area contributed by atoms with Crippen molar-refractivity contribution in [3.8, 4) is 0 Å². The van der Waals surface area contributed by atoms with Gasteiger partial charge in [-0.25, -0.2) is 0 Å². The molecule has 2 N–H and O–H groups in total. The molecule has 0 bridgehead atoms. The van der Waals surface area contributed by atoms with Crippen LogP contribution in [0.3, 0.4) is 0 Å². The van der Waals surface area contributed by atoms with E-state index in [-0.39, 0.29) is 11.6 Å². The lowest BCUT2D eigenvalue weighted by Crippen LogP contribution is -2.58. The van der Waals surface area contributed by atoms with Gasteiger partial charge in [-0.1, -0.05) is 24.4 Å². The Labute approximate surface area is 124 Å². The van der Waals surface area contributed by atoms with Gasteiger partial charge < -0.3 is 5.73 Å². The molecule has 1 saturated heterocycles. The molecule has 2 nitrogen and oxygen atoms in total. The molecular formula is C15H23ClN2S. The fourth-order valence-corrected chi connectivity index (χ4v) is 5.09. The highest BCUT2D eigenvalue weighted by Crippen LogP contribution is 2.40. The van der Waals surface area contributed by atoms with Crippen LogP contribution in [0.2, 0.25) is 4.34 Å². The van der Waals surface area contributed by atoms with Crippen LogP contribution >= 0.6 is 22.9 Å².